The van der Waals surface area contributed by atoms with Crippen LogP contribution in [0.15, 0.2) is 18.2 Å². The van der Waals surface area contributed by atoms with Gasteiger partial charge in [-0.05, 0) is 38.6 Å². The van der Waals surface area contributed by atoms with E-state index in [9.17, 15) is 4.79 Å². The molecule has 5 heteroatoms. The zero-order chi connectivity index (χ0) is 14.4. The minimum atomic E-state index is -0.297. The van der Waals surface area contributed by atoms with Crippen molar-refractivity contribution < 1.29 is 4.79 Å². The van der Waals surface area contributed by atoms with Gasteiger partial charge in [-0.1, -0.05) is 6.07 Å². The van der Waals surface area contributed by atoms with Crippen LogP contribution in [0.4, 0.5) is 11.4 Å². The minimum absolute atomic E-state index is 0.103. The molecule has 1 amide bonds. The van der Waals surface area contributed by atoms with Crippen LogP contribution < -0.4 is 11.1 Å². The highest BCUT2D eigenvalue weighted by atomic mass is 16.2. The number of nitrogens with two attached hydrogens (primary N) is 1. The van der Waals surface area contributed by atoms with Crippen molar-refractivity contribution in [2.45, 2.75) is 26.3 Å². The molecule has 1 rings (SSSR count). The van der Waals surface area contributed by atoms with Crippen LogP contribution in [0.1, 0.15) is 18.9 Å². The lowest BCUT2D eigenvalue weighted by atomic mass is 10.1. The third-order valence-electron chi connectivity index (χ3n) is 3.14. The van der Waals surface area contributed by atoms with E-state index < -0.39 is 0 Å². The Labute approximate surface area is 114 Å². The van der Waals surface area contributed by atoms with Gasteiger partial charge in [-0.3, -0.25) is 9.69 Å². The van der Waals surface area contributed by atoms with Crippen LogP contribution in [-0.2, 0) is 4.79 Å². The number of nitrogen functional groups attached to an aromatic ring is 1. The maximum Gasteiger partial charge on any atom is 0.241 e. The van der Waals surface area contributed by atoms with Crippen molar-refractivity contribution >= 4 is 17.3 Å². The van der Waals surface area contributed by atoms with E-state index in [-0.39, 0.29) is 11.9 Å². The highest BCUT2D eigenvalue weighted by Crippen LogP contribution is 2.18. The van der Waals surface area contributed by atoms with Gasteiger partial charge in [-0.2, -0.15) is 5.26 Å². The summed E-state index contributed by atoms with van der Waals surface area (Å²) in [5.41, 5.74) is 8.02. The van der Waals surface area contributed by atoms with Gasteiger partial charge < -0.3 is 11.1 Å². The Bertz CT molecular complexity index is 493. The van der Waals surface area contributed by atoms with Crippen LogP contribution in [0.5, 0.6) is 0 Å². The molecule has 102 valence electrons. The highest BCUT2D eigenvalue weighted by Gasteiger charge is 2.18. The molecule has 0 saturated carbocycles. The van der Waals surface area contributed by atoms with Crippen molar-refractivity contribution in [2.75, 3.05) is 24.6 Å². The summed E-state index contributed by atoms with van der Waals surface area (Å²) in [5, 5.41) is 11.4. The predicted octanol–water partition coefficient (Wildman–Crippen LogP) is 1.75. The molecule has 0 saturated heterocycles. The first-order valence-electron chi connectivity index (χ1n) is 6.20. The summed E-state index contributed by atoms with van der Waals surface area (Å²) in [4.78, 5) is 14.0. The molecule has 0 aromatic heterocycles. The van der Waals surface area contributed by atoms with E-state index in [0.717, 1.165) is 11.3 Å². The fourth-order valence-corrected chi connectivity index (χ4v) is 1.63. The topological polar surface area (TPSA) is 82.2 Å². The first-order valence-corrected chi connectivity index (χ1v) is 6.20. The summed E-state index contributed by atoms with van der Waals surface area (Å²) in [5.74, 6) is -0.103. The van der Waals surface area contributed by atoms with E-state index in [4.69, 9.17) is 11.0 Å². The quantitative estimate of drug-likeness (QED) is 0.790. The molecule has 3 N–H and O–H groups in total. The number of rotatable bonds is 5. The van der Waals surface area contributed by atoms with Gasteiger partial charge in [0.05, 0.1) is 12.1 Å². The summed E-state index contributed by atoms with van der Waals surface area (Å²) in [6, 6.07) is 7.19. The Balaban J connectivity index is 2.68. The Morgan fingerprint density at radius 3 is 2.89 bits per heavy atom. The smallest absolute Gasteiger partial charge is 0.241 e. The lowest BCUT2D eigenvalue weighted by Gasteiger charge is -2.23. The third-order valence-corrected chi connectivity index (χ3v) is 3.14. The Kier molecular flexibility index (Phi) is 5.34. The number of carbonyl (C=O) groups is 1. The third kappa shape index (κ3) is 4.27. The van der Waals surface area contributed by atoms with Crippen LogP contribution in [0.3, 0.4) is 0 Å². The van der Waals surface area contributed by atoms with E-state index in [1.165, 1.54) is 0 Å². The second-order valence-corrected chi connectivity index (χ2v) is 4.63. The molecule has 1 aromatic rings. The molecule has 1 atom stereocenters. The molecule has 0 bridgehead atoms. The number of aryl methyl sites for hydroxylation is 1. The van der Waals surface area contributed by atoms with Crippen molar-refractivity contribution in [3.8, 4) is 6.07 Å². The fourth-order valence-electron chi connectivity index (χ4n) is 1.63. The van der Waals surface area contributed by atoms with Crippen LogP contribution in [0.2, 0.25) is 0 Å². The molecular weight excluding hydrogens is 240 g/mol. The summed E-state index contributed by atoms with van der Waals surface area (Å²) < 4.78 is 0. The molecule has 5 nitrogen and oxygen atoms in total. The number of nitrogens with one attached hydrogen (secondary N) is 1. The summed E-state index contributed by atoms with van der Waals surface area (Å²) >= 11 is 0. The Hall–Kier alpha value is -2.06. The molecule has 19 heavy (non-hydrogen) atoms. The van der Waals surface area contributed by atoms with Gasteiger partial charge in [0.25, 0.3) is 0 Å². The van der Waals surface area contributed by atoms with Gasteiger partial charge in [-0.25, -0.2) is 0 Å². The molecule has 0 aliphatic rings. The zero-order valence-corrected chi connectivity index (χ0v) is 11.6. The highest BCUT2D eigenvalue weighted by molar-refractivity contribution is 5.95. The minimum Gasteiger partial charge on any atom is -0.399 e. The monoisotopic (exact) mass is 260 g/mol. The van der Waals surface area contributed by atoms with Crippen LogP contribution in [-0.4, -0.2) is 30.4 Å². The standard InChI is InChI=1S/C14H20N4O/c1-10-5-6-12(16)9-13(10)17-14(19)11(2)18(3)8-4-7-15/h5-6,9,11H,4,8,16H2,1-3H3,(H,17,19). The largest absolute Gasteiger partial charge is 0.399 e. The van der Waals surface area contributed by atoms with Crippen molar-refractivity contribution in [1.29, 1.82) is 5.26 Å². The average molecular weight is 260 g/mol. The van der Waals surface area contributed by atoms with Crippen molar-refractivity contribution in [2.24, 2.45) is 0 Å². The maximum atomic E-state index is 12.1. The van der Waals surface area contributed by atoms with E-state index in [0.29, 0.717) is 18.7 Å². The number of carbonyl (C=O) groups excluding carboxylic acids is 1. The van der Waals surface area contributed by atoms with E-state index >= 15 is 0 Å². The van der Waals surface area contributed by atoms with Gasteiger partial charge in [-0.15, -0.1) is 0 Å². The first kappa shape index (κ1) is 15.0. The van der Waals surface area contributed by atoms with Crippen molar-refractivity contribution in [3.63, 3.8) is 0 Å². The van der Waals surface area contributed by atoms with Crippen molar-refractivity contribution in [3.05, 3.63) is 23.8 Å². The van der Waals surface area contributed by atoms with E-state index in [1.807, 2.05) is 31.9 Å². The molecule has 0 aliphatic heterocycles. The molecule has 1 unspecified atom stereocenters. The number of nitrogens with zero attached hydrogens (tertiary/aromatic N) is 2. The second kappa shape index (κ2) is 6.76. The van der Waals surface area contributed by atoms with Gasteiger partial charge in [0, 0.05) is 24.3 Å². The summed E-state index contributed by atoms with van der Waals surface area (Å²) in [7, 11) is 1.83. The number of hydrogen-bond donors (Lipinski definition) is 2. The lowest BCUT2D eigenvalue weighted by molar-refractivity contribution is -0.120. The van der Waals surface area contributed by atoms with Crippen molar-refractivity contribution in [1.82, 2.24) is 4.90 Å². The molecular formula is C14H20N4O. The second-order valence-electron chi connectivity index (χ2n) is 4.63. The Morgan fingerprint density at radius 1 is 1.58 bits per heavy atom. The molecule has 0 aliphatic carbocycles. The van der Waals surface area contributed by atoms with Gasteiger partial charge in [0.2, 0.25) is 5.91 Å². The van der Waals surface area contributed by atoms with Crippen LogP contribution in [0.25, 0.3) is 0 Å². The number of hydrogen-bond acceptors (Lipinski definition) is 4. The average Bonchev–Trinajstić information content (AvgIpc) is 2.39. The zero-order valence-electron chi connectivity index (χ0n) is 11.6. The van der Waals surface area contributed by atoms with Gasteiger partial charge >= 0.3 is 0 Å². The van der Waals surface area contributed by atoms with Gasteiger partial charge in [0.1, 0.15) is 0 Å². The molecule has 0 spiro atoms. The number of benzene rings is 1. The lowest BCUT2D eigenvalue weighted by Crippen LogP contribution is -2.40. The summed E-state index contributed by atoms with van der Waals surface area (Å²) in [6.45, 7) is 4.30. The maximum absolute atomic E-state index is 12.1. The summed E-state index contributed by atoms with van der Waals surface area (Å²) in [6.07, 6.45) is 0.408. The molecule has 0 radical (unpaired) electrons. The first-order chi connectivity index (χ1) is 8.95. The predicted molar refractivity (Wildman–Crippen MR) is 76.5 cm³/mol. The number of anilines is 2. The van der Waals surface area contributed by atoms with E-state index in [1.54, 1.807) is 12.1 Å². The number of nitriles is 1. The van der Waals surface area contributed by atoms with E-state index in [2.05, 4.69) is 11.4 Å². The van der Waals surface area contributed by atoms with Crippen LogP contribution in [0, 0.1) is 18.3 Å². The number of likely N-dealkylation sites (N-methyl/N-ethyl adjacent to an activating group) is 1. The van der Waals surface area contributed by atoms with Crippen LogP contribution >= 0.6 is 0 Å². The fraction of sp³-hybridized carbons (Fsp3) is 0.429. The Morgan fingerprint density at radius 2 is 2.26 bits per heavy atom. The normalized spacial score (nSPS) is 11.9. The SMILES string of the molecule is Cc1ccc(N)cc1NC(=O)C(C)N(C)CCC#N. The number of amides is 1. The molecule has 1 aromatic carbocycles. The molecule has 0 heterocycles. The van der Waals surface area contributed by atoms with Gasteiger partial charge in [0.15, 0.2) is 0 Å². The molecule has 0 fully saturated rings.